The van der Waals surface area contributed by atoms with Crippen molar-refractivity contribution in [2.45, 2.75) is 117 Å². The van der Waals surface area contributed by atoms with Gasteiger partial charge in [-0.2, -0.15) is 0 Å². The molecule has 1 aromatic heterocycles. The van der Waals surface area contributed by atoms with Crippen LogP contribution < -0.4 is 16.0 Å². The first-order valence-corrected chi connectivity index (χ1v) is 19.7. The van der Waals surface area contributed by atoms with Crippen LogP contribution in [0.4, 0.5) is 0 Å². The molecule has 3 amide bonds. The van der Waals surface area contributed by atoms with Gasteiger partial charge >= 0.3 is 0 Å². The summed E-state index contributed by atoms with van der Waals surface area (Å²) in [6.45, 7) is 14.9. The topological polar surface area (TPSA) is 155 Å². The molecule has 2 aliphatic heterocycles. The summed E-state index contributed by atoms with van der Waals surface area (Å²) in [5.74, 6) is -1.14. The van der Waals surface area contributed by atoms with Gasteiger partial charge in [0.1, 0.15) is 12.1 Å². The normalized spacial score (nSPS) is 20.7. The van der Waals surface area contributed by atoms with Crippen molar-refractivity contribution in [3.05, 3.63) is 58.7 Å². The van der Waals surface area contributed by atoms with Gasteiger partial charge in [0, 0.05) is 62.5 Å². The summed E-state index contributed by atoms with van der Waals surface area (Å²) in [5, 5.41) is 14.7. The van der Waals surface area contributed by atoms with Crippen LogP contribution in [0.25, 0.3) is 10.8 Å². The summed E-state index contributed by atoms with van der Waals surface area (Å²) in [4.78, 5) is 61.7. The Bertz CT molecular complexity index is 1630. The maximum Gasteiger partial charge on any atom is 0.275 e. The van der Waals surface area contributed by atoms with Crippen molar-refractivity contribution >= 4 is 28.5 Å². The predicted molar refractivity (Wildman–Crippen MR) is 211 cm³/mol. The van der Waals surface area contributed by atoms with Crippen molar-refractivity contribution in [3.63, 3.8) is 0 Å². The largest absolute Gasteiger partial charge is 0.468 e. The molecule has 1 aromatic carbocycles. The first-order valence-electron chi connectivity index (χ1n) is 19.7. The van der Waals surface area contributed by atoms with E-state index >= 15 is 0 Å². The molecule has 1 fully saturated rings. The third-order valence-electron chi connectivity index (χ3n) is 11.5. The van der Waals surface area contributed by atoms with Crippen LogP contribution in [0.1, 0.15) is 79.8 Å². The smallest absolute Gasteiger partial charge is 0.275 e. The molecule has 3 N–H and O–H groups in total. The van der Waals surface area contributed by atoms with Gasteiger partial charge in [-0.05, 0) is 49.1 Å². The van der Waals surface area contributed by atoms with Gasteiger partial charge in [0.15, 0.2) is 0 Å². The number of ether oxygens (including phenoxy) is 2. The van der Waals surface area contributed by atoms with Gasteiger partial charge in [-0.15, -0.1) is 4.91 Å². The number of fused-ring (bicyclic) bond motifs is 1. The van der Waals surface area contributed by atoms with E-state index in [9.17, 15) is 19.3 Å². The van der Waals surface area contributed by atoms with Gasteiger partial charge in [-0.25, -0.2) is 0 Å². The summed E-state index contributed by atoms with van der Waals surface area (Å²) in [7, 11) is 5.11. The maximum absolute atomic E-state index is 14.2. The molecule has 1 unspecified atom stereocenters. The number of likely N-dealkylation sites (tertiary alicyclic amines) is 1. The molecule has 0 aliphatic carbocycles. The summed E-state index contributed by atoms with van der Waals surface area (Å²) < 4.78 is 12.4. The number of methoxy groups -OCH3 is 1. The molecule has 8 atom stereocenters. The number of benzene rings is 1. The zero-order chi connectivity index (χ0) is 39.7. The fraction of sp³-hybridized carbons (Fsp3) is 0.659. The van der Waals surface area contributed by atoms with Gasteiger partial charge in [-0.1, -0.05) is 79.2 Å². The van der Waals surface area contributed by atoms with Gasteiger partial charge in [0.2, 0.25) is 17.7 Å². The molecule has 0 radical (unpaired) electrons. The van der Waals surface area contributed by atoms with Crippen LogP contribution >= 0.6 is 0 Å². The lowest BCUT2D eigenvalue weighted by molar-refractivity contribution is -0.142. The van der Waals surface area contributed by atoms with Crippen LogP contribution in [0.15, 0.2) is 53.3 Å². The highest BCUT2D eigenvalue weighted by Crippen LogP contribution is 2.39. The Morgan fingerprint density at radius 1 is 1.06 bits per heavy atom. The third kappa shape index (κ3) is 9.57. The Balaban J connectivity index is 1.48. The van der Waals surface area contributed by atoms with Crippen LogP contribution in [0.2, 0.25) is 0 Å². The highest BCUT2D eigenvalue weighted by molar-refractivity contribution is 5.90. The number of hydrogen-bond acceptors (Lipinski definition) is 10. The van der Waals surface area contributed by atoms with Crippen LogP contribution in [0.5, 0.6) is 0 Å². The third-order valence-corrected chi connectivity index (χ3v) is 11.5. The Morgan fingerprint density at radius 2 is 1.76 bits per heavy atom. The molecule has 54 heavy (non-hydrogen) atoms. The number of pyridine rings is 1. The molecule has 0 spiro atoms. The summed E-state index contributed by atoms with van der Waals surface area (Å²) in [5.41, 5.74) is 1.61. The molecule has 2 aromatic rings. The number of amides is 3. The lowest BCUT2D eigenvalue weighted by Crippen LogP contribution is -2.59. The second-order valence-electron chi connectivity index (χ2n) is 15.7. The quantitative estimate of drug-likeness (QED) is 0.169. The van der Waals surface area contributed by atoms with E-state index < -0.39 is 36.3 Å². The van der Waals surface area contributed by atoms with Crippen molar-refractivity contribution in [2.75, 3.05) is 34.3 Å². The van der Waals surface area contributed by atoms with Gasteiger partial charge < -0.3 is 35.2 Å². The van der Waals surface area contributed by atoms with Crippen LogP contribution in [0, 0.1) is 28.6 Å². The average molecular weight is 750 g/mol. The number of nitroso groups, excluding NO2 is 1. The fourth-order valence-corrected chi connectivity index (χ4v) is 8.32. The lowest BCUT2D eigenvalue weighted by atomic mass is 9.89. The molecule has 2 aliphatic rings. The summed E-state index contributed by atoms with van der Waals surface area (Å²) in [6.07, 6.45) is 4.14. The number of hydrogen-bond donors (Lipinski definition) is 3. The Morgan fingerprint density at radius 3 is 2.39 bits per heavy atom. The SMILES string of the molecule is CC[C@H](C)C([C@H]1CC(N2CCC[C@H]2[C@H](OC)[C@@H](C)C(=O)NCCc2nccc3ccccc23)=C(N=O)O1)N(C)C(=O)[C@@H](NC(=O)[C@@H](NC)C(C)C)C(C)C. The van der Waals surface area contributed by atoms with E-state index in [1.54, 1.807) is 32.3 Å². The lowest BCUT2D eigenvalue weighted by Gasteiger charge is -2.39. The second-order valence-corrected chi connectivity index (χ2v) is 15.7. The first-order chi connectivity index (χ1) is 25.8. The first kappa shape index (κ1) is 42.6. The van der Waals surface area contributed by atoms with E-state index in [-0.39, 0.29) is 47.4 Å². The van der Waals surface area contributed by atoms with E-state index in [1.165, 1.54) is 0 Å². The molecule has 298 valence electrons. The summed E-state index contributed by atoms with van der Waals surface area (Å²) >= 11 is 0. The number of carbonyl (C=O) groups is 3. The Kier molecular flexibility index (Phi) is 15.4. The number of rotatable bonds is 19. The molecule has 4 rings (SSSR count). The second kappa shape index (κ2) is 19.5. The minimum atomic E-state index is -0.748. The van der Waals surface area contributed by atoms with Crippen molar-refractivity contribution in [1.29, 1.82) is 0 Å². The molecule has 0 bridgehead atoms. The van der Waals surface area contributed by atoms with Crippen molar-refractivity contribution < 1.29 is 23.9 Å². The van der Waals surface area contributed by atoms with Gasteiger partial charge in [-0.3, -0.25) is 19.4 Å². The number of likely N-dealkylation sites (N-methyl/N-ethyl adjacent to an activating group) is 2. The molecule has 0 saturated carbocycles. The molecule has 3 heterocycles. The highest BCUT2D eigenvalue weighted by Gasteiger charge is 2.46. The van der Waals surface area contributed by atoms with Crippen LogP contribution in [-0.4, -0.2) is 103 Å². The highest BCUT2D eigenvalue weighted by atomic mass is 16.5. The average Bonchev–Trinajstić information content (AvgIpc) is 3.81. The number of nitrogens with one attached hydrogen (secondary N) is 3. The fourth-order valence-electron chi connectivity index (χ4n) is 8.32. The molecule has 13 nitrogen and oxygen atoms in total. The molecule has 13 heteroatoms. The van der Waals surface area contributed by atoms with E-state index in [2.05, 4.69) is 50.9 Å². The molecular formula is C41H63N7O6. The minimum Gasteiger partial charge on any atom is -0.468 e. The zero-order valence-electron chi connectivity index (χ0n) is 33.9. The summed E-state index contributed by atoms with van der Waals surface area (Å²) in [6, 6.07) is 8.29. The van der Waals surface area contributed by atoms with Gasteiger partial charge in [0.25, 0.3) is 5.88 Å². The van der Waals surface area contributed by atoms with Crippen LogP contribution in [0.3, 0.4) is 0 Å². The molecular weight excluding hydrogens is 686 g/mol. The Hall–Kier alpha value is -4.10. The number of carbonyl (C=O) groups excluding carboxylic acids is 3. The van der Waals surface area contributed by atoms with Crippen LogP contribution in [-0.2, 0) is 30.3 Å². The van der Waals surface area contributed by atoms with Gasteiger partial charge in [0.05, 0.1) is 35.8 Å². The van der Waals surface area contributed by atoms with Crippen molar-refractivity contribution in [3.8, 4) is 0 Å². The Labute approximate surface area is 321 Å². The van der Waals surface area contributed by atoms with E-state index in [1.807, 2.05) is 58.9 Å². The monoisotopic (exact) mass is 749 g/mol. The maximum atomic E-state index is 14.2. The standard InChI is InChI=1S/C41H63N7O6/c1-11-26(6)36(47(9)41(51)35(25(4)5)45-39(50)34(42-8)24(2)3)33-23-32(40(46-52)54-33)48-22-14-17-31(48)37(53-10)27(7)38(49)44-21-19-30-29-16-13-12-15-28(29)18-20-43-30/h12-13,15-16,18,20,24-27,31,33-37,42H,11,14,17,19,21-23H2,1-10H3,(H,44,49)(H,45,50)/t26-,27+,31-,33+,34-,35-,36?,37+/m0/s1. The number of nitrogens with zero attached hydrogens (tertiary/aromatic N) is 4. The minimum absolute atomic E-state index is 0.00864. The zero-order valence-corrected chi connectivity index (χ0v) is 33.9. The van der Waals surface area contributed by atoms with Crippen molar-refractivity contribution in [2.24, 2.45) is 28.8 Å². The molecule has 1 saturated heterocycles. The number of aromatic nitrogens is 1. The predicted octanol–water partition coefficient (Wildman–Crippen LogP) is 4.99. The van der Waals surface area contributed by atoms with E-state index in [4.69, 9.17) is 9.47 Å². The van der Waals surface area contributed by atoms with Crippen molar-refractivity contribution in [1.82, 2.24) is 30.7 Å². The van der Waals surface area contributed by atoms with E-state index in [0.29, 0.717) is 31.6 Å². The van der Waals surface area contributed by atoms with E-state index in [0.717, 1.165) is 35.7 Å².